The molecule has 6 rings (SSSR count). The van der Waals surface area contributed by atoms with Crippen molar-refractivity contribution in [3.05, 3.63) is 24.3 Å². The van der Waals surface area contributed by atoms with Crippen molar-refractivity contribution in [1.82, 2.24) is 5.32 Å². The van der Waals surface area contributed by atoms with E-state index in [4.69, 9.17) is 0 Å². The fraction of sp³-hybridized carbons (Fsp3) is 0.692. The summed E-state index contributed by atoms with van der Waals surface area (Å²) in [5.74, 6) is 2.64. The molecule has 5 heteroatoms. The summed E-state index contributed by atoms with van der Waals surface area (Å²) in [6.07, 6.45) is 12.2. The van der Waals surface area contributed by atoms with Crippen LogP contribution in [0.3, 0.4) is 0 Å². The Kier molecular flexibility index (Phi) is 5.94. The molecule has 0 unspecified atom stereocenters. The SMILES string of the molecule is O=C(CCCNC(=O)C12CC3CC(CC(C3)C1)C2)Nc1ccccc1N1CCCCC1. The average Bonchev–Trinajstić information content (AvgIpc) is 2.76. The summed E-state index contributed by atoms with van der Waals surface area (Å²) in [6, 6.07) is 8.12. The van der Waals surface area contributed by atoms with E-state index in [1.807, 2.05) is 18.2 Å². The van der Waals surface area contributed by atoms with Gasteiger partial charge in [-0.3, -0.25) is 9.59 Å². The summed E-state index contributed by atoms with van der Waals surface area (Å²) in [6.45, 7) is 2.72. The van der Waals surface area contributed by atoms with Crippen LogP contribution in [0.5, 0.6) is 0 Å². The largest absolute Gasteiger partial charge is 0.370 e. The average molecular weight is 424 g/mol. The molecule has 4 bridgehead atoms. The van der Waals surface area contributed by atoms with Gasteiger partial charge < -0.3 is 15.5 Å². The molecule has 1 heterocycles. The first-order valence-corrected chi connectivity index (χ1v) is 12.5. The van der Waals surface area contributed by atoms with Crippen LogP contribution in [0.15, 0.2) is 24.3 Å². The van der Waals surface area contributed by atoms with Crippen molar-refractivity contribution < 1.29 is 9.59 Å². The molecule has 5 fully saturated rings. The molecule has 5 nitrogen and oxygen atoms in total. The molecule has 5 aliphatic rings. The quantitative estimate of drug-likeness (QED) is 0.624. The number of carbonyl (C=O) groups excluding carboxylic acids is 2. The Labute approximate surface area is 186 Å². The fourth-order valence-corrected chi connectivity index (χ4v) is 7.23. The minimum absolute atomic E-state index is 0.0357. The lowest BCUT2D eigenvalue weighted by atomic mass is 9.49. The van der Waals surface area contributed by atoms with E-state index in [0.717, 1.165) is 61.5 Å². The number of anilines is 2. The number of rotatable bonds is 7. The van der Waals surface area contributed by atoms with Gasteiger partial charge in [0.25, 0.3) is 0 Å². The van der Waals surface area contributed by atoms with Crippen molar-refractivity contribution in [2.45, 2.75) is 70.6 Å². The van der Waals surface area contributed by atoms with Crippen molar-refractivity contribution in [3.8, 4) is 0 Å². The highest BCUT2D eigenvalue weighted by molar-refractivity contribution is 5.94. The number of hydrogen-bond donors (Lipinski definition) is 2. The Morgan fingerprint density at radius 2 is 1.58 bits per heavy atom. The topological polar surface area (TPSA) is 61.4 Å². The van der Waals surface area contributed by atoms with Crippen LogP contribution in [0.25, 0.3) is 0 Å². The predicted octanol–water partition coefficient (Wildman–Crippen LogP) is 4.73. The molecule has 0 atom stereocenters. The number of nitrogens with one attached hydrogen (secondary N) is 2. The highest BCUT2D eigenvalue weighted by Crippen LogP contribution is 2.60. The van der Waals surface area contributed by atoms with Gasteiger partial charge in [-0.2, -0.15) is 0 Å². The van der Waals surface area contributed by atoms with E-state index in [1.165, 1.54) is 38.5 Å². The van der Waals surface area contributed by atoms with E-state index in [1.54, 1.807) is 0 Å². The van der Waals surface area contributed by atoms with Crippen LogP contribution in [-0.2, 0) is 9.59 Å². The van der Waals surface area contributed by atoms with Crippen molar-refractivity contribution in [3.63, 3.8) is 0 Å². The number of benzene rings is 1. The number of hydrogen-bond acceptors (Lipinski definition) is 3. The Morgan fingerprint density at radius 3 is 2.26 bits per heavy atom. The van der Waals surface area contributed by atoms with Gasteiger partial charge in [-0.25, -0.2) is 0 Å². The lowest BCUT2D eigenvalue weighted by Crippen LogP contribution is -2.53. The van der Waals surface area contributed by atoms with Crippen LogP contribution in [0.4, 0.5) is 11.4 Å². The lowest BCUT2D eigenvalue weighted by Gasteiger charge is -2.55. The van der Waals surface area contributed by atoms with Crippen molar-refractivity contribution >= 4 is 23.2 Å². The van der Waals surface area contributed by atoms with Crippen LogP contribution in [0.1, 0.15) is 70.6 Å². The first-order chi connectivity index (χ1) is 15.1. The van der Waals surface area contributed by atoms with E-state index in [-0.39, 0.29) is 17.2 Å². The molecular formula is C26H37N3O2. The second kappa shape index (κ2) is 8.84. The molecule has 1 aromatic rings. The molecule has 1 aromatic carbocycles. The fourth-order valence-electron chi connectivity index (χ4n) is 7.23. The predicted molar refractivity (Wildman–Crippen MR) is 124 cm³/mol. The maximum absolute atomic E-state index is 13.0. The molecule has 2 amide bonds. The summed E-state index contributed by atoms with van der Waals surface area (Å²) in [5, 5.41) is 6.31. The summed E-state index contributed by atoms with van der Waals surface area (Å²) in [4.78, 5) is 28.0. The Balaban J connectivity index is 1.09. The Morgan fingerprint density at radius 1 is 0.935 bits per heavy atom. The van der Waals surface area contributed by atoms with Crippen molar-refractivity contribution in [2.75, 3.05) is 29.9 Å². The Bertz CT molecular complexity index is 779. The zero-order valence-corrected chi connectivity index (χ0v) is 18.7. The highest BCUT2D eigenvalue weighted by Gasteiger charge is 2.54. The zero-order valence-electron chi connectivity index (χ0n) is 18.7. The van der Waals surface area contributed by atoms with Gasteiger partial charge in [0, 0.05) is 31.5 Å². The Hall–Kier alpha value is -2.04. The maximum atomic E-state index is 13.0. The third-order valence-electron chi connectivity index (χ3n) is 8.26. The summed E-state index contributed by atoms with van der Waals surface area (Å²) >= 11 is 0. The van der Waals surface area contributed by atoms with Crippen LogP contribution in [0.2, 0.25) is 0 Å². The number of piperidine rings is 1. The standard InChI is InChI=1S/C26H37N3O2/c30-24(28-22-7-2-3-8-23(22)29-11-4-1-5-12-29)9-6-10-27-25(31)26-16-19-13-20(17-26)15-21(14-19)18-26/h2-3,7-8,19-21H,1,4-6,9-18H2,(H,27,31)(H,28,30). The molecule has 31 heavy (non-hydrogen) atoms. The van der Waals surface area contributed by atoms with Gasteiger partial charge in [0.1, 0.15) is 0 Å². The van der Waals surface area contributed by atoms with E-state index < -0.39 is 0 Å². The van der Waals surface area contributed by atoms with E-state index in [2.05, 4.69) is 21.6 Å². The highest BCUT2D eigenvalue weighted by atomic mass is 16.2. The first kappa shape index (κ1) is 20.8. The molecule has 0 radical (unpaired) electrons. The molecule has 2 N–H and O–H groups in total. The molecular weight excluding hydrogens is 386 g/mol. The van der Waals surface area contributed by atoms with Gasteiger partial charge in [-0.15, -0.1) is 0 Å². The third-order valence-corrected chi connectivity index (χ3v) is 8.26. The lowest BCUT2D eigenvalue weighted by molar-refractivity contribution is -0.146. The van der Waals surface area contributed by atoms with Gasteiger partial charge in [0.15, 0.2) is 0 Å². The van der Waals surface area contributed by atoms with Gasteiger partial charge >= 0.3 is 0 Å². The second-order valence-corrected chi connectivity index (χ2v) is 10.7. The van der Waals surface area contributed by atoms with Crippen LogP contribution in [-0.4, -0.2) is 31.4 Å². The monoisotopic (exact) mass is 423 g/mol. The third kappa shape index (κ3) is 4.47. The van der Waals surface area contributed by atoms with Crippen molar-refractivity contribution in [1.29, 1.82) is 0 Å². The second-order valence-electron chi connectivity index (χ2n) is 10.7. The summed E-state index contributed by atoms with van der Waals surface area (Å²) in [5.41, 5.74) is 1.95. The summed E-state index contributed by atoms with van der Waals surface area (Å²) < 4.78 is 0. The minimum atomic E-state index is -0.0929. The molecule has 0 aromatic heterocycles. The normalized spacial score (nSPS) is 31.5. The smallest absolute Gasteiger partial charge is 0.226 e. The zero-order chi connectivity index (χ0) is 21.3. The van der Waals surface area contributed by atoms with Crippen molar-refractivity contribution in [2.24, 2.45) is 23.2 Å². The minimum Gasteiger partial charge on any atom is -0.370 e. The van der Waals surface area contributed by atoms with Gasteiger partial charge in [-0.05, 0) is 94.1 Å². The summed E-state index contributed by atoms with van der Waals surface area (Å²) in [7, 11) is 0. The van der Waals surface area contributed by atoms with Crippen LogP contribution < -0.4 is 15.5 Å². The van der Waals surface area contributed by atoms with Crippen LogP contribution in [0, 0.1) is 23.2 Å². The molecule has 168 valence electrons. The molecule has 1 aliphatic heterocycles. The van der Waals surface area contributed by atoms with Gasteiger partial charge in [0.05, 0.1) is 11.4 Å². The molecule has 4 aliphatic carbocycles. The number of para-hydroxylation sites is 2. The first-order valence-electron chi connectivity index (χ1n) is 12.5. The van der Waals surface area contributed by atoms with E-state index in [0.29, 0.717) is 19.4 Å². The van der Waals surface area contributed by atoms with Gasteiger partial charge in [-0.1, -0.05) is 12.1 Å². The number of amides is 2. The molecule has 4 saturated carbocycles. The number of carbonyl (C=O) groups is 2. The van der Waals surface area contributed by atoms with E-state index in [9.17, 15) is 9.59 Å². The number of nitrogens with zero attached hydrogens (tertiary/aromatic N) is 1. The molecule has 0 spiro atoms. The molecule has 1 saturated heterocycles. The maximum Gasteiger partial charge on any atom is 0.226 e. The van der Waals surface area contributed by atoms with Crippen LogP contribution >= 0.6 is 0 Å². The van der Waals surface area contributed by atoms with Gasteiger partial charge in [0.2, 0.25) is 11.8 Å². The van der Waals surface area contributed by atoms with E-state index >= 15 is 0 Å².